The number of Topliss-reactive ketones (excluding diaryl/α,β-unsaturated/α-hetero) is 1. The Labute approximate surface area is 155 Å². The lowest BCUT2D eigenvalue weighted by molar-refractivity contribution is -0.131. The summed E-state index contributed by atoms with van der Waals surface area (Å²) in [6.45, 7) is 2.60. The highest BCUT2D eigenvalue weighted by Gasteiger charge is 2.55. The normalized spacial score (nSPS) is 43.1. The van der Waals surface area contributed by atoms with Gasteiger partial charge in [-0.3, -0.25) is 4.79 Å². The Bertz CT molecular complexity index is 538. The van der Waals surface area contributed by atoms with Crippen molar-refractivity contribution in [2.24, 2.45) is 35.0 Å². The van der Waals surface area contributed by atoms with Gasteiger partial charge < -0.3 is 20.6 Å². The van der Waals surface area contributed by atoms with Crippen LogP contribution in [-0.4, -0.2) is 46.5 Å². The summed E-state index contributed by atoms with van der Waals surface area (Å²) in [4.78, 5) is 23.6. The van der Waals surface area contributed by atoms with Crippen molar-refractivity contribution in [3.63, 3.8) is 0 Å². The minimum Gasteiger partial charge on any atom is -0.465 e. The molecule has 0 aromatic rings. The predicted molar refractivity (Wildman–Crippen MR) is 96.6 cm³/mol. The molecule has 1 amide bonds. The Morgan fingerprint density at radius 2 is 2.00 bits per heavy atom. The van der Waals surface area contributed by atoms with Crippen LogP contribution in [0, 0.1) is 35.0 Å². The Balaban J connectivity index is 1.83. The number of aliphatic hydroxyl groups is 2. The smallest absolute Gasteiger partial charge is 0.404 e. The maximum Gasteiger partial charge on any atom is 0.404 e. The summed E-state index contributed by atoms with van der Waals surface area (Å²) in [5, 5.41) is 31.3. The van der Waals surface area contributed by atoms with Crippen LogP contribution in [0.5, 0.6) is 0 Å². The van der Waals surface area contributed by atoms with Gasteiger partial charge in [-0.1, -0.05) is 6.92 Å². The lowest BCUT2D eigenvalue weighted by Crippen LogP contribution is -2.50. The van der Waals surface area contributed by atoms with Crippen molar-refractivity contribution in [1.82, 2.24) is 5.32 Å². The average molecular weight is 367 g/mol. The Hall–Kier alpha value is -1.14. The first kappa shape index (κ1) is 19.6. The minimum absolute atomic E-state index is 0.123. The molecule has 3 fully saturated rings. The van der Waals surface area contributed by atoms with Crippen LogP contribution in [0.25, 0.3) is 0 Å². The predicted octanol–water partition coefficient (Wildman–Crippen LogP) is 2.43. The van der Waals surface area contributed by atoms with Gasteiger partial charge >= 0.3 is 6.09 Å². The molecule has 0 aromatic carbocycles. The summed E-state index contributed by atoms with van der Waals surface area (Å²) in [6, 6.07) is 0. The molecule has 0 bridgehead atoms. The van der Waals surface area contributed by atoms with Crippen molar-refractivity contribution >= 4 is 11.9 Å². The van der Waals surface area contributed by atoms with E-state index < -0.39 is 6.09 Å². The SMILES string of the molecule is C[C@]12CC[C@H]([C@@H]3CC[C@H](O)C[C@@H]3CCO)[C@@H](CNC(=O)O)[C@@H]1CCC2=O. The molecule has 0 heterocycles. The summed E-state index contributed by atoms with van der Waals surface area (Å²) in [6.07, 6.45) is 5.12. The number of fused-ring (bicyclic) bond motifs is 1. The number of hydrogen-bond acceptors (Lipinski definition) is 4. The van der Waals surface area contributed by atoms with E-state index in [0.29, 0.717) is 37.0 Å². The van der Waals surface area contributed by atoms with Gasteiger partial charge in [0.25, 0.3) is 0 Å². The van der Waals surface area contributed by atoms with Gasteiger partial charge in [-0.05, 0) is 74.5 Å². The summed E-state index contributed by atoms with van der Waals surface area (Å²) < 4.78 is 0. The third-order valence-corrected chi connectivity index (χ3v) is 7.75. The molecule has 0 saturated heterocycles. The highest BCUT2D eigenvalue weighted by Crippen LogP contribution is 2.57. The standard InChI is InChI=1S/C20H33NO5/c1-20-8-6-15(14-3-2-13(23)10-12(14)7-9-22)16(11-21-19(25)26)17(20)4-5-18(20)24/h12-17,21-23H,2-11H2,1H3,(H,25,26)/t12-,13-,14+,15+,16+,17-,20-/m0/s1. The van der Waals surface area contributed by atoms with Gasteiger partial charge in [0.05, 0.1) is 6.10 Å². The number of rotatable bonds is 5. The lowest BCUT2D eigenvalue weighted by Gasteiger charge is -2.50. The maximum atomic E-state index is 12.5. The maximum absolute atomic E-state index is 12.5. The van der Waals surface area contributed by atoms with Crippen LogP contribution in [0.3, 0.4) is 0 Å². The van der Waals surface area contributed by atoms with Crippen LogP contribution >= 0.6 is 0 Å². The molecule has 0 radical (unpaired) electrons. The first-order valence-electron chi connectivity index (χ1n) is 10.2. The van der Waals surface area contributed by atoms with Crippen molar-refractivity contribution in [3.05, 3.63) is 0 Å². The summed E-state index contributed by atoms with van der Waals surface area (Å²) >= 11 is 0. The highest BCUT2D eigenvalue weighted by atomic mass is 16.4. The van der Waals surface area contributed by atoms with Gasteiger partial charge in [-0.15, -0.1) is 0 Å². The molecule has 6 nitrogen and oxygen atoms in total. The van der Waals surface area contributed by atoms with Crippen molar-refractivity contribution < 1.29 is 24.9 Å². The fourth-order valence-corrected chi connectivity index (χ4v) is 6.44. The molecule has 0 aromatic heterocycles. The molecule has 3 aliphatic rings. The van der Waals surface area contributed by atoms with Crippen LogP contribution in [-0.2, 0) is 4.79 Å². The minimum atomic E-state index is -1.01. The highest BCUT2D eigenvalue weighted by molar-refractivity contribution is 5.87. The topological polar surface area (TPSA) is 107 Å². The zero-order chi connectivity index (χ0) is 18.9. The molecule has 3 aliphatic carbocycles. The second-order valence-corrected chi connectivity index (χ2v) is 8.94. The van der Waals surface area contributed by atoms with Crippen molar-refractivity contribution in [2.45, 2.75) is 64.4 Å². The number of aliphatic hydroxyl groups excluding tert-OH is 2. The number of nitrogens with one attached hydrogen (secondary N) is 1. The molecule has 3 saturated carbocycles. The van der Waals surface area contributed by atoms with Gasteiger partial charge in [-0.2, -0.15) is 0 Å². The Morgan fingerprint density at radius 3 is 2.69 bits per heavy atom. The van der Waals surface area contributed by atoms with Crippen molar-refractivity contribution in [2.75, 3.05) is 13.2 Å². The lowest BCUT2D eigenvalue weighted by atomic mass is 9.54. The van der Waals surface area contributed by atoms with Crippen LogP contribution in [0.4, 0.5) is 4.79 Å². The molecule has 7 atom stereocenters. The van der Waals surface area contributed by atoms with Crippen LogP contribution in [0.1, 0.15) is 58.3 Å². The van der Waals surface area contributed by atoms with Crippen molar-refractivity contribution in [1.29, 1.82) is 0 Å². The first-order chi connectivity index (χ1) is 12.4. The second-order valence-electron chi connectivity index (χ2n) is 8.94. The average Bonchev–Trinajstić information content (AvgIpc) is 2.89. The number of amides is 1. The Morgan fingerprint density at radius 1 is 1.23 bits per heavy atom. The second kappa shape index (κ2) is 7.85. The molecule has 3 rings (SSSR count). The quantitative estimate of drug-likeness (QED) is 0.597. The van der Waals surface area contributed by atoms with E-state index in [2.05, 4.69) is 12.2 Å². The fourth-order valence-electron chi connectivity index (χ4n) is 6.44. The zero-order valence-corrected chi connectivity index (χ0v) is 15.7. The molecular weight excluding hydrogens is 334 g/mol. The van der Waals surface area contributed by atoms with Crippen LogP contribution < -0.4 is 5.32 Å². The fraction of sp³-hybridized carbons (Fsp3) is 0.900. The zero-order valence-electron chi connectivity index (χ0n) is 15.7. The number of carbonyl (C=O) groups is 2. The van der Waals surface area contributed by atoms with E-state index in [0.717, 1.165) is 38.5 Å². The van der Waals surface area contributed by atoms with Crippen LogP contribution in [0.15, 0.2) is 0 Å². The molecule has 0 unspecified atom stereocenters. The molecule has 0 aliphatic heterocycles. The van der Waals surface area contributed by atoms with E-state index in [1.807, 2.05) is 0 Å². The monoisotopic (exact) mass is 367 g/mol. The number of carboxylic acid groups (broad SMARTS) is 1. The summed E-state index contributed by atoms with van der Waals surface area (Å²) in [7, 11) is 0. The van der Waals surface area contributed by atoms with E-state index >= 15 is 0 Å². The summed E-state index contributed by atoms with van der Waals surface area (Å²) in [5.74, 6) is 1.77. The largest absolute Gasteiger partial charge is 0.465 e. The van der Waals surface area contributed by atoms with E-state index in [1.165, 1.54) is 0 Å². The van der Waals surface area contributed by atoms with E-state index in [1.54, 1.807) is 0 Å². The van der Waals surface area contributed by atoms with E-state index in [9.17, 15) is 19.8 Å². The molecule has 26 heavy (non-hydrogen) atoms. The van der Waals surface area contributed by atoms with Crippen molar-refractivity contribution in [3.8, 4) is 0 Å². The van der Waals surface area contributed by atoms with Gasteiger partial charge in [0.2, 0.25) is 0 Å². The van der Waals surface area contributed by atoms with E-state index in [-0.39, 0.29) is 35.9 Å². The molecule has 148 valence electrons. The molecule has 4 N–H and O–H groups in total. The number of hydrogen-bond donors (Lipinski definition) is 4. The van der Waals surface area contributed by atoms with Gasteiger partial charge in [-0.25, -0.2) is 4.79 Å². The molecule has 6 heteroatoms. The Kier molecular flexibility index (Phi) is 5.92. The third-order valence-electron chi connectivity index (χ3n) is 7.75. The number of carbonyl (C=O) groups excluding carboxylic acids is 1. The van der Waals surface area contributed by atoms with Gasteiger partial charge in [0, 0.05) is 25.0 Å². The number of ketones is 1. The summed E-state index contributed by atoms with van der Waals surface area (Å²) in [5.41, 5.74) is -0.304. The van der Waals surface area contributed by atoms with Gasteiger partial charge in [0.1, 0.15) is 5.78 Å². The first-order valence-corrected chi connectivity index (χ1v) is 10.2. The van der Waals surface area contributed by atoms with Crippen LogP contribution in [0.2, 0.25) is 0 Å². The third kappa shape index (κ3) is 3.63. The molecule has 0 spiro atoms. The molecular formula is C20H33NO5. The van der Waals surface area contributed by atoms with E-state index in [4.69, 9.17) is 5.11 Å². The van der Waals surface area contributed by atoms with Gasteiger partial charge in [0.15, 0.2) is 0 Å².